The van der Waals surface area contributed by atoms with E-state index in [1.54, 1.807) is 4.90 Å². The second kappa shape index (κ2) is 10.3. The van der Waals surface area contributed by atoms with Crippen LogP contribution in [0.15, 0.2) is 36.7 Å². The molecular formula is C23H25F4N5O3. The first kappa shape index (κ1) is 25.9. The van der Waals surface area contributed by atoms with Crippen molar-refractivity contribution in [3.05, 3.63) is 64.7 Å². The van der Waals surface area contributed by atoms with Gasteiger partial charge in [-0.05, 0) is 51.8 Å². The average molecular weight is 495 g/mol. The van der Waals surface area contributed by atoms with E-state index in [1.165, 1.54) is 19.1 Å². The lowest BCUT2D eigenvalue weighted by Gasteiger charge is -2.26. The predicted octanol–water partition coefficient (Wildman–Crippen LogP) is 3.96. The van der Waals surface area contributed by atoms with Gasteiger partial charge in [0, 0.05) is 35.6 Å². The first-order valence-electron chi connectivity index (χ1n) is 10.9. The maximum Gasteiger partial charge on any atom is 0.417 e. The SMILES string of the molecule is C[C@@H]1CC[C@H](C)N1C(=O)c1ccc([C@@H](C)NC(=O)NNC(=O)c2cncc(C(F)(F)F)c2)c(F)c1. The number of nitrogens with zero attached hydrogens (tertiary/aromatic N) is 2. The molecule has 3 N–H and O–H groups in total. The third-order valence-corrected chi connectivity index (χ3v) is 5.87. The molecule has 0 unspecified atom stereocenters. The number of hydrogen-bond donors (Lipinski definition) is 3. The number of hydrogen-bond acceptors (Lipinski definition) is 4. The molecule has 0 radical (unpaired) electrons. The number of rotatable bonds is 4. The monoisotopic (exact) mass is 495 g/mol. The summed E-state index contributed by atoms with van der Waals surface area (Å²) in [5, 5.41) is 2.40. The number of carbonyl (C=O) groups excluding carboxylic acids is 3. The van der Waals surface area contributed by atoms with Gasteiger partial charge in [-0.3, -0.25) is 20.0 Å². The van der Waals surface area contributed by atoms with Crippen LogP contribution in [0.1, 0.15) is 71.5 Å². The highest BCUT2D eigenvalue weighted by atomic mass is 19.4. The van der Waals surface area contributed by atoms with Crippen LogP contribution in [0.2, 0.25) is 0 Å². The van der Waals surface area contributed by atoms with Crippen molar-refractivity contribution in [1.29, 1.82) is 0 Å². The van der Waals surface area contributed by atoms with Crippen molar-refractivity contribution in [3.63, 3.8) is 0 Å². The van der Waals surface area contributed by atoms with E-state index in [-0.39, 0.29) is 29.1 Å². The van der Waals surface area contributed by atoms with Gasteiger partial charge in [-0.1, -0.05) is 6.07 Å². The van der Waals surface area contributed by atoms with Crippen molar-refractivity contribution in [1.82, 2.24) is 26.1 Å². The van der Waals surface area contributed by atoms with E-state index in [1.807, 2.05) is 24.7 Å². The maximum atomic E-state index is 14.8. The fraction of sp³-hybridized carbons (Fsp3) is 0.391. The summed E-state index contributed by atoms with van der Waals surface area (Å²) in [6, 6.07) is 2.93. The number of benzene rings is 1. The van der Waals surface area contributed by atoms with Crippen molar-refractivity contribution >= 4 is 17.8 Å². The van der Waals surface area contributed by atoms with E-state index in [2.05, 4.69) is 10.3 Å². The van der Waals surface area contributed by atoms with Crippen LogP contribution in [0, 0.1) is 5.82 Å². The molecular weight excluding hydrogens is 470 g/mol. The van der Waals surface area contributed by atoms with E-state index in [4.69, 9.17) is 0 Å². The number of likely N-dealkylation sites (tertiary alicyclic amines) is 1. The molecule has 1 aromatic heterocycles. The molecule has 35 heavy (non-hydrogen) atoms. The summed E-state index contributed by atoms with van der Waals surface area (Å²) in [4.78, 5) is 42.0. The van der Waals surface area contributed by atoms with Gasteiger partial charge in [0.1, 0.15) is 5.82 Å². The molecule has 2 heterocycles. The summed E-state index contributed by atoms with van der Waals surface area (Å²) in [7, 11) is 0. The number of halogens is 4. The summed E-state index contributed by atoms with van der Waals surface area (Å²) in [6.07, 6.45) is -1.44. The summed E-state index contributed by atoms with van der Waals surface area (Å²) in [5.41, 5.74) is 2.73. The van der Waals surface area contributed by atoms with Crippen LogP contribution in [-0.4, -0.2) is 39.8 Å². The number of aromatic nitrogens is 1. The van der Waals surface area contributed by atoms with Crippen LogP contribution >= 0.6 is 0 Å². The number of amides is 4. The number of nitrogens with one attached hydrogen (secondary N) is 3. The van der Waals surface area contributed by atoms with Crippen molar-refractivity contribution in [2.75, 3.05) is 0 Å². The zero-order valence-corrected chi connectivity index (χ0v) is 19.2. The van der Waals surface area contributed by atoms with Gasteiger partial charge in [-0.25, -0.2) is 14.6 Å². The van der Waals surface area contributed by atoms with Crippen molar-refractivity contribution in [3.8, 4) is 0 Å². The second-order valence-corrected chi connectivity index (χ2v) is 8.46. The molecule has 4 amide bonds. The molecule has 1 saturated heterocycles. The minimum Gasteiger partial charge on any atom is -0.333 e. The molecule has 1 aliphatic rings. The third kappa shape index (κ3) is 6.06. The van der Waals surface area contributed by atoms with Crippen molar-refractivity contribution < 1.29 is 31.9 Å². The van der Waals surface area contributed by atoms with Gasteiger partial charge in [0.05, 0.1) is 17.2 Å². The van der Waals surface area contributed by atoms with Gasteiger partial charge < -0.3 is 10.2 Å². The number of hydrazine groups is 1. The van der Waals surface area contributed by atoms with Gasteiger partial charge in [-0.2, -0.15) is 13.2 Å². The van der Waals surface area contributed by atoms with Gasteiger partial charge in [0.15, 0.2) is 0 Å². The molecule has 0 spiro atoms. The van der Waals surface area contributed by atoms with Gasteiger partial charge in [0.2, 0.25) is 0 Å². The molecule has 8 nitrogen and oxygen atoms in total. The third-order valence-electron chi connectivity index (χ3n) is 5.87. The highest BCUT2D eigenvalue weighted by Gasteiger charge is 2.33. The molecule has 1 aromatic carbocycles. The minimum atomic E-state index is -4.68. The largest absolute Gasteiger partial charge is 0.417 e. The molecule has 0 bridgehead atoms. The lowest BCUT2D eigenvalue weighted by atomic mass is 10.0. The molecule has 3 atom stereocenters. The molecule has 2 aromatic rings. The highest BCUT2D eigenvalue weighted by Crippen LogP contribution is 2.29. The van der Waals surface area contributed by atoms with Gasteiger partial charge >= 0.3 is 12.2 Å². The Labute approximate surface area is 199 Å². The topological polar surface area (TPSA) is 103 Å². The Kier molecular flexibility index (Phi) is 7.61. The fourth-order valence-corrected chi connectivity index (χ4v) is 3.97. The average Bonchev–Trinajstić information content (AvgIpc) is 3.14. The Morgan fingerprint density at radius 1 is 1.03 bits per heavy atom. The zero-order valence-electron chi connectivity index (χ0n) is 19.2. The fourth-order valence-electron chi connectivity index (χ4n) is 3.97. The Morgan fingerprint density at radius 2 is 1.69 bits per heavy atom. The van der Waals surface area contributed by atoms with Crippen molar-refractivity contribution in [2.24, 2.45) is 0 Å². The van der Waals surface area contributed by atoms with E-state index in [0.717, 1.165) is 25.1 Å². The summed E-state index contributed by atoms with van der Waals surface area (Å²) >= 11 is 0. The Bertz CT molecular complexity index is 1110. The highest BCUT2D eigenvalue weighted by molar-refractivity contribution is 5.95. The van der Waals surface area contributed by atoms with Crippen molar-refractivity contribution in [2.45, 2.75) is 57.9 Å². The maximum absolute atomic E-state index is 14.8. The normalized spacial score (nSPS) is 18.7. The zero-order chi connectivity index (χ0) is 25.9. The Hall–Kier alpha value is -3.70. The van der Waals surface area contributed by atoms with E-state index in [0.29, 0.717) is 12.3 Å². The first-order chi connectivity index (χ1) is 16.4. The molecule has 3 rings (SSSR count). The Balaban J connectivity index is 1.58. The molecule has 1 fully saturated rings. The molecule has 188 valence electrons. The van der Waals surface area contributed by atoms with E-state index < -0.39 is 41.1 Å². The first-order valence-corrected chi connectivity index (χ1v) is 10.9. The Morgan fingerprint density at radius 3 is 2.29 bits per heavy atom. The number of alkyl halides is 3. The van der Waals surface area contributed by atoms with Crippen LogP contribution in [-0.2, 0) is 6.18 Å². The molecule has 0 saturated carbocycles. The number of carbonyl (C=O) groups is 3. The lowest BCUT2D eigenvalue weighted by molar-refractivity contribution is -0.137. The lowest BCUT2D eigenvalue weighted by Crippen LogP contribution is -2.47. The number of urea groups is 1. The van der Waals surface area contributed by atoms with Crippen LogP contribution in [0.4, 0.5) is 22.4 Å². The molecule has 0 aliphatic carbocycles. The number of pyridine rings is 1. The summed E-state index contributed by atoms with van der Waals surface area (Å²) in [6.45, 7) is 5.38. The van der Waals surface area contributed by atoms with E-state index >= 15 is 0 Å². The minimum absolute atomic E-state index is 0.0615. The quantitative estimate of drug-likeness (QED) is 0.441. The van der Waals surface area contributed by atoms with Crippen LogP contribution in [0.5, 0.6) is 0 Å². The summed E-state index contributed by atoms with van der Waals surface area (Å²) < 4.78 is 53.0. The summed E-state index contributed by atoms with van der Waals surface area (Å²) in [5.74, 6) is -1.98. The smallest absolute Gasteiger partial charge is 0.333 e. The van der Waals surface area contributed by atoms with E-state index in [9.17, 15) is 31.9 Å². The second-order valence-electron chi connectivity index (χ2n) is 8.46. The van der Waals surface area contributed by atoms with Crippen LogP contribution in [0.3, 0.4) is 0 Å². The molecule has 12 heteroatoms. The van der Waals surface area contributed by atoms with Crippen LogP contribution < -0.4 is 16.2 Å². The van der Waals surface area contributed by atoms with Gasteiger partial charge in [-0.15, -0.1) is 0 Å². The van der Waals surface area contributed by atoms with Gasteiger partial charge in [0.25, 0.3) is 11.8 Å². The standard InChI is InChI=1S/C23H25F4N5O3/c1-12-4-5-13(2)32(12)21(34)15-6-7-18(19(24)9-15)14(3)29-22(35)31-30-20(33)16-8-17(11-28-10-16)23(25,26)27/h6-14H,4-5H2,1-3H3,(H,30,33)(H2,29,31,35)/t12-,13+,14-/m1/s1. The predicted molar refractivity (Wildman–Crippen MR) is 118 cm³/mol. The molecule has 1 aliphatic heterocycles. The van der Waals surface area contributed by atoms with Crippen LogP contribution in [0.25, 0.3) is 0 Å².